The van der Waals surface area contributed by atoms with E-state index in [0.717, 1.165) is 8.95 Å². The first kappa shape index (κ1) is 20.9. The maximum absolute atomic E-state index is 3.68. The Morgan fingerprint density at radius 3 is 1.71 bits per heavy atom. The minimum absolute atomic E-state index is 1.08. The predicted octanol–water partition coefficient (Wildman–Crippen LogP) is 10.3. The second-order valence-electron chi connectivity index (χ2n) is 8.86. The molecular formula is C32H19Br2N. The van der Waals surface area contributed by atoms with Gasteiger partial charge in [0.2, 0.25) is 0 Å². The van der Waals surface area contributed by atoms with Crippen LogP contribution in [0.15, 0.2) is 124 Å². The van der Waals surface area contributed by atoms with Crippen molar-refractivity contribution in [2.75, 3.05) is 0 Å². The van der Waals surface area contributed by atoms with Gasteiger partial charge < -0.3 is 4.57 Å². The van der Waals surface area contributed by atoms with Gasteiger partial charge in [0, 0.05) is 25.1 Å². The maximum atomic E-state index is 3.68. The number of aromatic nitrogens is 1. The van der Waals surface area contributed by atoms with E-state index in [-0.39, 0.29) is 0 Å². The lowest BCUT2D eigenvalue weighted by molar-refractivity contribution is 1.20. The fourth-order valence-corrected chi connectivity index (χ4v) is 6.12. The van der Waals surface area contributed by atoms with E-state index in [0.29, 0.717) is 0 Å². The fraction of sp³-hybridized carbons (Fsp3) is 0. The van der Waals surface area contributed by atoms with Gasteiger partial charge in [0.05, 0.1) is 16.7 Å². The van der Waals surface area contributed by atoms with Gasteiger partial charge in [-0.25, -0.2) is 0 Å². The van der Waals surface area contributed by atoms with Crippen LogP contribution in [0.3, 0.4) is 0 Å². The Balaban J connectivity index is 1.58. The Morgan fingerprint density at radius 1 is 0.429 bits per heavy atom. The largest absolute Gasteiger partial charge is 0.309 e. The van der Waals surface area contributed by atoms with Gasteiger partial charge in [-0.15, -0.1) is 0 Å². The molecule has 0 aliphatic heterocycles. The van der Waals surface area contributed by atoms with E-state index < -0.39 is 0 Å². The van der Waals surface area contributed by atoms with E-state index >= 15 is 0 Å². The number of hydrogen-bond donors (Lipinski definition) is 0. The molecule has 1 nitrogen and oxygen atoms in total. The quantitative estimate of drug-likeness (QED) is 0.193. The van der Waals surface area contributed by atoms with Gasteiger partial charge in [0.15, 0.2) is 0 Å². The number of benzene rings is 6. The molecule has 6 aromatic carbocycles. The molecule has 0 aliphatic carbocycles. The van der Waals surface area contributed by atoms with E-state index in [2.05, 4.69) is 152 Å². The van der Waals surface area contributed by atoms with Crippen LogP contribution in [0.5, 0.6) is 0 Å². The SMILES string of the molecule is Brc1ccc2c(c1)c1cc(Br)ccc1n2-c1ccc(-c2cccc3ccccc23)c2ccccc12. The molecule has 0 saturated carbocycles. The Hall–Kier alpha value is -3.40. The van der Waals surface area contributed by atoms with Crippen molar-refractivity contribution in [3.05, 3.63) is 124 Å². The second-order valence-corrected chi connectivity index (χ2v) is 10.7. The van der Waals surface area contributed by atoms with Crippen molar-refractivity contribution in [3.63, 3.8) is 0 Å². The molecule has 0 saturated heterocycles. The zero-order chi connectivity index (χ0) is 23.5. The van der Waals surface area contributed by atoms with Crippen molar-refractivity contribution in [3.8, 4) is 16.8 Å². The van der Waals surface area contributed by atoms with Crippen LogP contribution in [0.2, 0.25) is 0 Å². The van der Waals surface area contributed by atoms with Crippen LogP contribution in [-0.4, -0.2) is 4.57 Å². The average Bonchev–Trinajstić information content (AvgIpc) is 3.20. The van der Waals surface area contributed by atoms with Gasteiger partial charge in [-0.3, -0.25) is 0 Å². The van der Waals surface area contributed by atoms with Crippen LogP contribution in [0.1, 0.15) is 0 Å². The Labute approximate surface area is 219 Å². The zero-order valence-electron chi connectivity index (χ0n) is 18.7. The number of nitrogens with zero attached hydrogens (tertiary/aromatic N) is 1. The molecule has 0 fully saturated rings. The average molecular weight is 577 g/mol. The summed E-state index contributed by atoms with van der Waals surface area (Å²) in [6.45, 7) is 0. The molecule has 1 aromatic heterocycles. The molecule has 166 valence electrons. The van der Waals surface area contributed by atoms with Gasteiger partial charge in [-0.2, -0.15) is 0 Å². The third kappa shape index (κ3) is 3.26. The molecule has 0 amide bonds. The van der Waals surface area contributed by atoms with Gasteiger partial charge in [0.1, 0.15) is 0 Å². The second kappa shape index (κ2) is 8.08. The summed E-state index contributed by atoms with van der Waals surface area (Å²) in [7, 11) is 0. The predicted molar refractivity (Wildman–Crippen MR) is 157 cm³/mol. The van der Waals surface area contributed by atoms with E-state index in [9.17, 15) is 0 Å². The Morgan fingerprint density at radius 2 is 1.00 bits per heavy atom. The molecule has 35 heavy (non-hydrogen) atoms. The van der Waals surface area contributed by atoms with Gasteiger partial charge >= 0.3 is 0 Å². The van der Waals surface area contributed by atoms with Gasteiger partial charge in [-0.1, -0.05) is 105 Å². The maximum Gasteiger partial charge on any atom is 0.0542 e. The van der Waals surface area contributed by atoms with E-state index in [1.807, 2.05) is 0 Å². The molecule has 3 heteroatoms. The zero-order valence-corrected chi connectivity index (χ0v) is 21.8. The molecule has 0 spiro atoms. The van der Waals surface area contributed by atoms with Crippen molar-refractivity contribution in [2.24, 2.45) is 0 Å². The molecule has 7 aromatic rings. The van der Waals surface area contributed by atoms with Gasteiger partial charge in [0.25, 0.3) is 0 Å². The molecule has 0 aliphatic rings. The smallest absolute Gasteiger partial charge is 0.0542 e. The van der Waals surface area contributed by atoms with Crippen LogP contribution in [0, 0.1) is 0 Å². The van der Waals surface area contributed by atoms with Crippen molar-refractivity contribution in [2.45, 2.75) is 0 Å². The fourth-order valence-electron chi connectivity index (χ4n) is 5.40. The topological polar surface area (TPSA) is 4.93 Å². The highest BCUT2D eigenvalue weighted by Gasteiger charge is 2.17. The summed E-state index contributed by atoms with van der Waals surface area (Å²) in [5, 5.41) is 7.50. The minimum Gasteiger partial charge on any atom is -0.309 e. The van der Waals surface area contributed by atoms with E-state index in [1.54, 1.807) is 0 Å². The standard InChI is InChI=1S/C32H19Br2N/c33-21-12-15-31-28(18-21)29-19-22(34)13-16-32(29)35(31)30-17-14-26(25-9-3-4-10-27(25)30)24-11-5-7-20-6-1-2-8-23(20)24/h1-19H. The molecule has 0 atom stereocenters. The van der Waals surface area contributed by atoms with Gasteiger partial charge in [-0.05, 0) is 69.8 Å². The molecule has 0 radical (unpaired) electrons. The third-order valence-corrected chi connectivity index (χ3v) is 7.90. The number of fused-ring (bicyclic) bond motifs is 5. The summed E-state index contributed by atoms with van der Waals surface area (Å²) in [4.78, 5) is 0. The van der Waals surface area contributed by atoms with Crippen LogP contribution >= 0.6 is 31.9 Å². The monoisotopic (exact) mass is 575 g/mol. The summed E-state index contributed by atoms with van der Waals surface area (Å²) in [5.41, 5.74) is 6.11. The highest BCUT2D eigenvalue weighted by Crippen LogP contribution is 2.40. The normalized spacial score (nSPS) is 11.7. The van der Waals surface area contributed by atoms with Crippen molar-refractivity contribution >= 4 is 75.2 Å². The molecule has 1 heterocycles. The first-order valence-corrected chi connectivity index (χ1v) is 13.2. The molecule has 7 rings (SSSR count). The van der Waals surface area contributed by atoms with E-state index in [4.69, 9.17) is 0 Å². The molecular weight excluding hydrogens is 558 g/mol. The minimum atomic E-state index is 1.08. The molecule has 0 bridgehead atoms. The number of halogens is 2. The highest BCUT2D eigenvalue weighted by atomic mass is 79.9. The van der Waals surface area contributed by atoms with E-state index in [1.165, 1.54) is 60.2 Å². The summed E-state index contributed by atoms with van der Waals surface area (Å²) < 4.78 is 4.57. The van der Waals surface area contributed by atoms with Crippen molar-refractivity contribution in [1.82, 2.24) is 4.57 Å². The van der Waals surface area contributed by atoms with Crippen LogP contribution in [0.25, 0.3) is 60.2 Å². The first-order chi connectivity index (χ1) is 17.2. The molecule has 0 unspecified atom stereocenters. The number of rotatable bonds is 2. The highest BCUT2D eigenvalue weighted by molar-refractivity contribution is 9.10. The molecule has 0 N–H and O–H groups in total. The van der Waals surface area contributed by atoms with Crippen molar-refractivity contribution < 1.29 is 0 Å². The Bertz CT molecular complexity index is 1870. The summed E-state index contributed by atoms with van der Waals surface area (Å²) in [5.74, 6) is 0. The first-order valence-electron chi connectivity index (χ1n) is 11.6. The lowest BCUT2D eigenvalue weighted by Gasteiger charge is -2.16. The third-order valence-electron chi connectivity index (χ3n) is 6.91. The Kier molecular flexibility index (Phi) is 4.83. The van der Waals surface area contributed by atoms with Crippen LogP contribution in [0.4, 0.5) is 0 Å². The van der Waals surface area contributed by atoms with Crippen LogP contribution < -0.4 is 0 Å². The van der Waals surface area contributed by atoms with Crippen molar-refractivity contribution in [1.29, 1.82) is 0 Å². The summed E-state index contributed by atoms with van der Waals surface area (Å²) >= 11 is 7.35. The number of hydrogen-bond acceptors (Lipinski definition) is 0. The lowest BCUT2D eigenvalue weighted by atomic mass is 9.93. The lowest BCUT2D eigenvalue weighted by Crippen LogP contribution is -1.96. The summed E-state index contributed by atoms with van der Waals surface area (Å²) in [6, 6.07) is 41.6. The summed E-state index contributed by atoms with van der Waals surface area (Å²) in [6.07, 6.45) is 0. The van der Waals surface area contributed by atoms with Crippen LogP contribution in [-0.2, 0) is 0 Å².